The van der Waals surface area contributed by atoms with Gasteiger partial charge < -0.3 is 16.0 Å². The van der Waals surface area contributed by atoms with Gasteiger partial charge in [0.05, 0.1) is 0 Å². The molecule has 3 N–H and O–H groups in total. The molecule has 0 atom stereocenters. The van der Waals surface area contributed by atoms with Gasteiger partial charge >= 0.3 is 0 Å². The van der Waals surface area contributed by atoms with Crippen molar-refractivity contribution in [1.82, 2.24) is 10.6 Å². The predicted octanol–water partition coefficient (Wildman–Crippen LogP) is 2.50. The fourth-order valence-electron chi connectivity index (χ4n) is 2.34. The molecule has 0 heterocycles. The molecule has 6 heteroatoms. The van der Waals surface area contributed by atoms with Gasteiger partial charge in [-0.05, 0) is 42.8 Å². The predicted molar refractivity (Wildman–Crippen MR) is 101 cm³/mol. The number of hydrogen-bond acceptors (Lipinski definition) is 3. The number of aryl methyl sites for hydroxylation is 1. The van der Waals surface area contributed by atoms with Crippen molar-refractivity contribution in [3.8, 4) is 0 Å². The Balaban J connectivity index is 1.87. The van der Waals surface area contributed by atoms with Crippen LogP contribution in [0.3, 0.4) is 0 Å². The fourth-order valence-corrected chi connectivity index (χ4v) is 2.34. The lowest BCUT2D eigenvalue weighted by Gasteiger charge is -2.09. The van der Waals surface area contributed by atoms with Crippen molar-refractivity contribution in [3.05, 3.63) is 65.2 Å². The van der Waals surface area contributed by atoms with Crippen LogP contribution >= 0.6 is 0 Å². The number of hydrogen-bond donors (Lipinski definition) is 3. The minimum atomic E-state index is -0.229. The van der Waals surface area contributed by atoms with Crippen LogP contribution in [0.2, 0.25) is 0 Å². The molecule has 0 fully saturated rings. The second kappa shape index (κ2) is 9.36. The number of nitrogens with one attached hydrogen (secondary N) is 3. The highest BCUT2D eigenvalue weighted by atomic mass is 16.2. The Morgan fingerprint density at radius 3 is 2.15 bits per heavy atom. The minimum Gasteiger partial charge on any atom is -0.354 e. The Hall–Kier alpha value is -3.15. The van der Waals surface area contributed by atoms with E-state index in [0.29, 0.717) is 36.3 Å². The summed E-state index contributed by atoms with van der Waals surface area (Å²) in [6.45, 7) is 4.40. The van der Waals surface area contributed by atoms with E-state index in [1.807, 2.05) is 25.1 Å². The van der Waals surface area contributed by atoms with Crippen molar-refractivity contribution in [2.45, 2.75) is 20.3 Å². The van der Waals surface area contributed by atoms with Crippen LogP contribution in [0.1, 0.15) is 39.6 Å². The molecule has 2 aromatic carbocycles. The number of anilines is 1. The van der Waals surface area contributed by atoms with Crippen LogP contribution in [-0.4, -0.2) is 30.8 Å². The van der Waals surface area contributed by atoms with Crippen molar-refractivity contribution in [1.29, 1.82) is 0 Å². The van der Waals surface area contributed by atoms with Gasteiger partial charge in [-0.2, -0.15) is 0 Å². The quantitative estimate of drug-likeness (QED) is 0.669. The average molecular weight is 353 g/mol. The van der Waals surface area contributed by atoms with Gasteiger partial charge in [0, 0.05) is 36.3 Å². The van der Waals surface area contributed by atoms with Gasteiger partial charge in [-0.25, -0.2) is 0 Å². The van der Waals surface area contributed by atoms with Gasteiger partial charge in [0.15, 0.2) is 0 Å². The Morgan fingerprint density at radius 2 is 1.50 bits per heavy atom. The zero-order chi connectivity index (χ0) is 18.9. The third-order valence-electron chi connectivity index (χ3n) is 3.85. The normalized spacial score (nSPS) is 10.1. The lowest BCUT2D eigenvalue weighted by Crippen LogP contribution is -2.34. The average Bonchev–Trinajstić information content (AvgIpc) is 2.65. The molecule has 3 amide bonds. The maximum absolute atomic E-state index is 12.3. The molecule has 0 radical (unpaired) electrons. The monoisotopic (exact) mass is 353 g/mol. The first-order valence-corrected chi connectivity index (χ1v) is 8.53. The van der Waals surface area contributed by atoms with Gasteiger partial charge in [0.1, 0.15) is 0 Å². The molecule has 136 valence electrons. The summed E-state index contributed by atoms with van der Waals surface area (Å²) in [5.74, 6) is -0.465. The number of rotatable bonds is 7. The second-order valence-electron chi connectivity index (χ2n) is 5.81. The van der Waals surface area contributed by atoms with E-state index in [2.05, 4.69) is 16.0 Å². The van der Waals surface area contributed by atoms with Crippen LogP contribution in [0.15, 0.2) is 48.5 Å². The molecule has 26 heavy (non-hydrogen) atoms. The Bertz CT molecular complexity index is 785. The summed E-state index contributed by atoms with van der Waals surface area (Å²) in [6, 6.07) is 14.0. The van der Waals surface area contributed by atoms with E-state index in [4.69, 9.17) is 0 Å². The Morgan fingerprint density at radius 1 is 0.846 bits per heavy atom. The number of carbonyl (C=O) groups is 3. The van der Waals surface area contributed by atoms with Crippen molar-refractivity contribution in [2.24, 2.45) is 0 Å². The molecular weight excluding hydrogens is 330 g/mol. The highest BCUT2D eigenvalue weighted by Crippen LogP contribution is 2.13. The third-order valence-corrected chi connectivity index (χ3v) is 3.85. The van der Waals surface area contributed by atoms with E-state index in [1.54, 1.807) is 37.3 Å². The summed E-state index contributed by atoms with van der Waals surface area (Å²) in [5.41, 5.74) is 2.62. The largest absolute Gasteiger partial charge is 0.354 e. The SMILES string of the molecule is CCC(=O)NCCNC(=O)c1ccc(NC(=O)c2ccccc2C)cc1. The maximum atomic E-state index is 12.3. The van der Waals surface area contributed by atoms with E-state index in [9.17, 15) is 14.4 Å². The molecule has 6 nitrogen and oxygen atoms in total. The van der Waals surface area contributed by atoms with Gasteiger partial charge in [-0.1, -0.05) is 25.1 Å². The topological polar surface area (TPSA) is 87.3 Å². The van der Waals surface area contributed by atoms with E-state index in [-0.39, 0.29) is 17.7 Å². The highest BCUT2D eigenvalue weighted by molar-refractivity contribution is 6.05. The van der Waals surface area contributed by atoms with E-state index < -0.39 is 0 Å². The highest BCUT2D eigenvalue weighted by Gasteiger charge is 2.09. The molecule has 0 unspecified atom stereocenters. The van der Waals surface area contributed by atoms with E-state index >= 15 is 0 Å². The Labute approximate surface area is 153 Å². The molecule has 0 aromatic heterocycles. The second-order valence-corrected chi connectivity index (χ2v) is 5.81. The van der Waals surface area contributed by atoms with Crippen molar-refractivity contribution < 1.29 is 14.4 Å². The third kappa shape index (κ3) is 5.44. The Kier molecular flexibility index (Phi) is 6.91. The van der Waals surface area contributed by atoms with Gasteiger partial charge in [-0.3, -0.25) is 14.4 Å². The van der Waals surface area contributed by atoms with Crippen molar-refractivity contribution >= 4 is 23.4 Å². The smallest absolute Gasteiger partial charge is 0.255 e. The number of benzene rings is 2. The summed E-state index contributed by atoms with van der Waals surface area (Å²) in [4.78, 5) is 35.4. The molecule has 0 bridgehead atoms. The zero-order valence-corrected chi connectivity index (χ0v) is 15.0. The lowest BCUT2D eigenvalue weighted by molar-refractivity contribution is -0.120. The minimum absolute atomic E-state index is 0.0482. The van der Waals surface area contributed by atoms with Crippen molar-refractivity contribution in [2.75, 3.05) is 18.4 Å². The van der Waals surface area contributed by atoms with E-state index in [1.165, 1.54) is 0 Å². The molecule has 0 aliphatic heterocycles. The van der Waals surface area contributed by atoms with Gasteiger partial charge in [0.2, 0.25) is 5.91 Å². The van der Waals surface area contributed by atoms with Crippen LogP contribution < -0.4 is 16.0 Å². The molecule has 0 saturated carbocycles. The van der Waals surface area contributed by atoms with E-state index in [0.717, 1.165) is 5.56 Å². The summed E-state index contributed by atoms with van der Waals surface area (Å²) < 4.78 is 0. The molecule has 0 aliphatic rings. The number of amides is 3. The molecular formula is C20H23N3O3. The van der Waals surface area contributed by atoms with Gasteiger partial charge in [0.25, 0.3) is 11.8 Å². The molecule has 0 spiro atoms. The summed E-state index contributed by atoms with van der Waals surface area (Å²) in [7, 11) is 0. The summed E-state index contributed by atoms with van der Waals surface area (Å²) in [5, 5.41) is 8.24. The zero-order valence-electron chi connectivity index (χ0n) is 15.0. The fraction of sp³-hybridized carbons (Fsp3) is 0.250. The first kappa shape index (κ1) is 19.2. The summed E-state index contributed by atoms with van der Waals surface area (Å²) in [6.07, 6.45) is 0.420. The van der Waals surface area contributed by atoms with Crippen LogP contribution in [0, 0.1) is 6.92 Å². The standard InChI is InChI=1S/C20H23N3O3/c1-3-18(24)21-12-13-22-19(25)15-8-10-16(11-9-15)23-20(26)17-7-5-4-6-14(17)2/h4-11H,3,12-13H2,1-2H3,(H,21,24)(H,22,25)(H,23,26). The van der Waals surface area contributed by atoms with Gasteiger partial charge in [-0.15, -0.1) is 0 Å². The molecule has 2 rings (SSSR count). The molecule has 0 saturated heterocycles. The number of carbonyl (C=O) groups excluding carboxylic acids is 3. The van der Waals surface area contributed by atoms with Crippen LogP contribution in [0.4, 0.5) is 5.69 Å². The maximum Gasteiger partial charge on any atom is 0.255 e. The van der Waals surface area contributed by atoms with Crippen LogP contribution in [0.25, 0.3) is 0 Å². The molecule has 2 aromatic rings. The molecule has 0 aliphatic carbocycles. The van der Waals surface area contributed by atoms with Crippen LogP contribution in [0.5, 0.6) is 0 Å². The first-order chi connectivity index (χ1) is 12.5. The van der Waals surface area contributed by atoms with Crippen LogP contribution in [-0.2, 0) is 4.79 Å². The summed E-state index contributed by atoms with van der Waals surface area (Å²) >= 11 is 0. The first-order valence-electron chi connectivity index (χ1n) is 8.53. The lowest BCUT2D eigenvalue weighted by atomic mass is 10.1. The van der Waals surface area contributed by atoms with Crippen molar-refractivity contribution in [3.63, 3.8) is 0 Å².